The lowest BCUT2D eigenvalue weighted by molar-refractivity contribution is -0.143. The minimum Gasteiger partial charge on any atom is -0.476 e. The lowest BCUT2D eigenvalue weighted by atomic mass is 9.94. The Hall–Kier alpha value is -2.91. The van der Waals surface area contributed by atoms with Crippen molar-refractivity contribution in [1.82, 2.24) is 9.80 Å². The van der Waals surface area contributed by atoms with Crippen molar-refractivity contribution in [1.29, 1.82) is 0 Å². The number of hydrogen-bond acceptors (Lipinski definition) is 6. The molecule has 2 saturated heterocycles. The van der Waals surface area contributed by atoms with Gasteiger partial charge in [0.05, 0.1) is 30.3 Å². The van der Waals surface area contributed by atoms with E-state index in [-0.39, 0.29) is 30.2 Å². The van der Waals surface area contributed by atoms with Crippen LogP contribution in [-0.4, -0.2) is 79.6 Å². The number of anilines is 1. The van der Waals surface area contributed by atoms with E-state index in [1.807, 2.05) is 40.6 Å². The van der Waals surface area contributed by atoms with Gasteiger partial charge in [0.1, 0.15) is 5.75 Å². The highest BCUT2D eigenvalue weighted by atomic mass is 32.1. The predicted octanol–water partition coefficient (Wildman–Crippen LogP) is 2.25. The predicted molar refractivity (Wildman–Crippen MR) is 124 cm³/mol. The van der Waals surface area contributed by atoms with E-state index in [4.69, 9.17) is 9.47 Å². The average Bonchev–Trinajstić information content (AvgIpc) is 3.42. The number of amides is 3. The molecule has 1 aromatic heterocycles. The number of nitrogens with zero attached hydrogens (tertiary/aromatic N) is 3. The molecular formula is C24H27N3O5S. The topological polar surface area (TPSA) is 79.4 Å². The van der Waals surface area contributed by atoms with Gasteiger partial charge in [-0.05, 0) is 36.4 Å². The molecule has 0 unspecified atom stereocenters. The molecule has 33 heavy (non-hydrogen) atoms. The lowest BCUT2D eigenvalue weighted by Crippen LogP contribution is -2.55. The molecule has 1 atom stereocenters. The van der Waals surface area contributed by atoms with Crippen molar-refractivity contribution < 1.29 is 23.9 Å². The molecule has 0 spiro atoms. The molecule has 0 saturated carbocycles. The molecule has 8 nitrogen and oxygen atoms in total. The molecule has 0 radical (unpaired) electrons. The van der Waals surface area contributed by atoms with Crippen LogP contribution in [0.25, 0.3) is 0 Å². The number of rotatable bonds is 3. The summed E-state index contributed by atoms with van der Waals surface area (Å²) < 4.78 is 11.4. The van der Waals surface area contributed by atoms with Gasteiger partial charge in [-0.15, -0.1) is 11.3 Å². The number of para-hydroxylation sites is 2. The highest BCUT2D eigenvalue weighted by Crippen LogP contribution is 2.36. The van der Waals surface area contributed by atoms with Gasteiger partial charge in [0.2, 0.25) is 5.91 Å². The molecule has 1 aromatic carbocycles. The molecule has 2 fully saturated rings. The van der Waals surface area contributed by atoms with E-state index in [0.29, 0.717) is 63.7 Å². The Morgan fingerprint density at radius 3 is 2.36 bits per heavy atom. The molecule has 2 aromatic rings. The molecule has 3 amide bonds. The number of ether oxygens (including phenoxy) is 2. The van der Waals surface area contributed by atoms with Gasteiger partial charge in [0.15, 0.2) is 6.10 Å². The number of benzene rings is 1. The van der Waals surface area contributed by atoms with Gasteiger partial charge in [-0.3, -0.25) is 14.4 Å². The second-order valence-corrected chi connectivity index (χ2v) is 9.45. The van der Waals surface area contributed by atoms with Crippen LogP contribution in [0.5, 0.6) is 5.75 Å². The van der Waals surface area contributed by atoms with Gasteiger partial charge >= 0.3 is 0 Å². The van der Waals surface area contributed by atoms with Crippen LogP contribution in [0.1, 0.15) is 22.5 Å². The summed E-state index contributed by atoms with van der Waals surface area (Å²) in [5.41, 5.74) is 0.700. The van der Waals surface area contributed by atoms with Crippen LogP contribution in [0.3, 0.4) is 0 Å². The average molecular weight is 470 g/mol. The van der Waals surface area contributed by atoms with Crippen LogP contribution in [0.4, 0.5) is 5.69 Å². The van der Waals surface area contributed by atoms with Crippen molar-refractivity contribution in [2.75, 3.05) is 50.8 Å². The molecule has 0 bridgehead atoms. The van der Waals surface area contributed by atoms with E-state index in [2.05, 4.69) is 0 Å². The maximum atomic E-state index is 13.6. The first-order valence-electron chi connectivity index (χ1n) is 11.4. The number of carbonyl (C=O) groups is 3. The van der Waals surface area contributed by atoms with Crippen LogP contribution < -0.4 is 9.64 Å². The van der Waals surface area contributed by atoms with Crippen LogP contribution in [0.15, 0.2) is 41.8 Å². The van der Waals surface area contributed by atoms with Crippen molar-refractivity contribution in [3.05, 3.63) is 46.7 Å². The third-order valence-corrected chi connectivity index (χ3v) is 7.36. The second kappa shape index (κ2) is 9.52. The highest BCUT2D eigenvalue weighted by molar-refractivity contribution is 7.12. The normalized spacial score (nSPS) is 21.3. The maximum Gasteiger partial charge on any atom is 0.265 e. The Morgan fingerprint density at radius 1 is 0.879 bits per heavy atom. The number of morpholine rings is 1. The Labute approximate surface area is 196 Å². The second-order valence-electron chi connectivity index (χ2n) is 8.50. The quantitative estimate of drug-likeness (QED) is 0.689. The minimum absolute atomic E-state index is 0.00579. The van der Waals surface area contributed by atoms with E-state index in [0.717, 1.165) is 4.88 Å². The Bertz CT molecular complexity index is 1010. The summed E-state index contributed by atoms with van der Waals surface area (Å²) in [7, 11) is 0. The van der Waals surface area contributed by atoms with Gasteiger partial charge in [-0.25, -0.2) is 0 Å². The fourth-order valence-corrected chi connectivity index (χ4v) is 5.36. The van der Waals surface area contributed by atoms with Crippen LogP contribution >= 0.6 is 11.3 Å². The van der Waals surface area contributed by atoms with E-state index in [1.165, 1.54) is 11.3 Å². The molecule has 0 aliphatic carbocycles. The van der Waals surface area contributed by atoms with Gasteiger partial charge in [0, 0.05) is 32.1 Å². The summed E-state index contributed by atoms with van der Waals surface area (Å²) in [6.07, 6.45) is 0.484. The van der Waals surface area contributed by atoms with E-state index in [9.17, 15) is 14.4 Å². The zero-order valence-corrected chi connectivity index (χ0v) is 19.2. The molecule has 9 heteroatoms. The molecule has 5 rings (SSSR count). The smallest absolute Gasteiger partial charge is 0.265 e. The zero-order chi connectivity index (χ0) is 22.8. The maximum absolute atomic E-state index is 13.6. The summed E-state index contributed by atoms with van der Waals surface area (Å²) in [6.45, 7) is 3.39. The summed E-state index contributed by atoms with van der Waals surface area (Å²) in [6, 6.07) is 11.1. The fraction of sp³-hybridized carbons (Fsp3) is 0.458. The largest absolute Gasteiger partial charge is 0.476 e. The third-order valence-electron chi connectivity index (χ3n) is 6.50. The molecular weight excluding hydrogens is 442 g/mol. The van der Waals surface area contributed by atoms with Gasteiger partial charge < -0.3 is 24.2 Å². The van der Waals surface area contributed by atoms with E-state index >= 15 is 0 Å². The number of piperidine rings is 1. The molecule has 0 N–H and O–H groups in total. The zero-order valence-electron chi connectivity index (χ0n) is 18.4. The number of carbonyl (C=O) groups excluding carboxylic acids is 3. The number of hydrogen-bond donors (Lipinski definition) is 0. The van der Waals surface area contributed by atoms with Crippen molar-refractivity contribution in [2.45, 2.75) is 18.9 Å². The number of likely N-dealkylation sites (tertiary alicyclic amines) is 1. The van der Waals surface area contributed by atoms with Crippen molar-refractivity contribution >= 4 is 34.7 Å². The first-order chi connectivity index (χ1) is 16.1. The number of fused-ring (bicyclic) bond motifs is 1. The third kappa shape index (κ3) is 4.47. The van der Waals surface area contributed by atoms with Crippen LogP contribution in [-0.2, 0) is 14.3 Å². The molecule has 174 valence electrons. The molecule has 3 aliphatic rings. The number of thiophene rings is 1. The van der Waals surface area contributed by atoms with Gasteiger partial charge in [-0.1, -0.05) is 18.2 Å². The molecule has 3 aliphatic heterocycles. The first kappa shape index (κ1) is 21.9. The van der Waals surface area contributed by atoms with Crippen LogP contribution in [0, 0.1) is 5.92 Å². The van der Waals surface area contributed by atoms with Gasteiger partial charge in [-0.2, -0.15) is 0 Å². The molecule has 4 heterocycles. The van der Waals surface area contributed by atoms with Crippen molar-refractivity contribution in [3.63, 3.8) is 0 Å². The summed E-state index contributed by atoms with van der Waals surface area (Å²) >= 11 is 1.44. The first-order valence-corrected chi connectivity index (χ1v) is 12.3. The van der Waals surface area contributed by atoms with Crippen molar-refractivity contribution in [2.24, 2.45) is 5.92 Å². The monoisotopic (exact) mass is 469 g/mol. The minimum atomic E-state index is -0.734. The van der Waals surface area contributed by atoms with Crippen molar-refractivity contribution in [3.8, 4) is 5.75 Å². The Morgan fingerprint density at radius 2 is 1.64 bits per heavy atom. The van der Waals surface area contributed by atoms with Gasteiger partial charge in [0.25, 0.3) is 11.8 Å². The summed E-state index contributed by atoms with van der Waals surface area (Å²) in [5, 5.41) is 1.90. The summed E-state index contributed by atoms with van der Waals surface area (Å²) in [5.74, 6) is 0.274. The standard InChI is InChI=1S/C24H27N3O5S/c28-22(17-7-9-25(10-8-17)24(30)21-6-3-15-33-21)27-16-20(23(29)26-11-13-31-14-12-26)32-19-5-2-1-4-18(19)27/h1-6,15,17,20H,7-14,16H2/t20-/m1/s1. The van der Waals surface area contributed by atoms with Crippen LogP contribution in [0.2, 0.25) is 0 Å². The van der Waals surface area contributed by atoms with E-state index in [1.54, 1.807) is 15.9 Å². The highest BCUT2D eigenvalue weighted by Gasteiger charge is 2.39. The van der Waals surface area contributed by atoms with E-state index < -0.39 is 6.10 Å². The Kier molecular flexibility index (Phi) is 6.32. The summed E-state index contributed by atoms with van der Waals surface area (Å²) in [4.78, 5) is 45.4. The Balaban J connectivity index is 1.28. The fourth-order valence-electron chi connectivity index (χ4n) is 4.67. The SMILES string of the molecule is O=C(c1cccs1)N1CCC(C(=O)N2C[C@H](C(=O)N3CCOCC3)Oc3ccccc32)CC1. The lowest BCUT2D eigenvalue weighted by Gasteiger charge is -2.39.